The molecule has 0 radical (unpaired) electrons. The highest BCUT2D eigenvalue weighted by molar-refractivity contribution is 5.66. The monoisotopic (exact) mass is 175 g/mol. The van der Waals surface area contributed by atoms with Gasteiger partial charge in [-0.15, -0.1) is 0 Å². The van der Waals surface area contributed by atoms with Crippen molar-refractivity contribution >= 4 is 18.0 Å². The summed E-state index contributed by atoms with van der Waals surface area (Å²) in [5, 5.41) is 11.3. The Kier molecular flexibility index (Phi) is 1.96. The van der Waals surface area contributed by atoms with Gasteiger partial charge in [-0.05, 0) is 11.6 Å². The number of hydrogen-bond acceptors (Lipinski definition) is 2. The van der Waals surface area contributed by atoms with E-state index in [1.165, 1.54) is 0 Å². The summed E-state index contributed by atoms with van der Waals surface area (Å²) in [4.78, 5) is 10.3. The molecule has 1 aliphatic heterocycles. The van der Waals surface area contributed by atoms with Gasteiger partial charge >= 0.3 is 0 Å². The first-order valence-corrected chi connectivity index (χ1v) is 4.10. The van der Waals surface area contributed by atoms with Gasteiger partial charge in [-0.2, -0.15) is 0 Å². The minimum absolute atomic E-state index is 0.0303. The van der Waals surface area contributed by atoms with E-state index in [0.29, 0.717) is 12.1 Å². The molecule has 1 aromatic carbocycles. The second-order valence-corrected chi connectivity index (χ2v) is 2.99. The fourth-order valence-electron chi connectivity index (χ4n) is 1.44. The van der Waals surface area contributed by atoms with Crippen molar-refractivity contribution in [2.24, 2.45) is 0 Å². The Labute approximate surface area is 75.9 Å². The van der Waals surface area contributed by atoms with E-state index in [1.54, 1.807) is 18.3 Å². The molecule has 1 heterocycles. The van der Waals surface area contributed by atoms with E-state index in [9.17, 15) is 10.0 Å². The van der Waals surface area contributed by atoms with Gasteiger partial charge in [-0.25, -0.2) is 0 Å². The first kappa shape index (κ1) is 8.16. The summed E-state index contributed by atoms with van der Waals surface area (Å²) < 4.78 is 0. The summed E-state index contributed by atoms with van der Waals surface area (Å²) in [7, 11) is 0. The lowest BCUT2D eigenvalue weighted by atomic mass is 10.1. The standard InChI is InChI=1S/C10H9NO2/c12-6-4-8-1-2-9-3-5-11(13)10(9)7-8/h1-3,5-7,11H,4H2. The molecule has 0 aliphatic carbocycles. The predicted molar refractivity (Wildman–Crippen MR) is 49.2 cm³/mol. The molecule has 0 saturated heterocycles. The van der Waals surface area contributed by atoms with Crippen molar-refractivity contribution in [2.45, 2.75) is 6.42 Å². The van der Waals surface area contributed by atoms with Crippen molar-refractivity contribution in [3.05, 3.63) is 40.7 Å². The minimum Gasteiger partial charge on any atom is -0.624 e. The van der Waals surface area contributed by atoms with Crippen molar-refractivity contribution in [1.82, 2.24) is 0 Å². The SMILES string of the molecule is O=CCc1ccc2c(c1)[NH+]([O-])C=C2. The lowest BCUT2D eigenvalue weighted by Gasteiger charge is -2.13. The minimum atomic E-state index is 0.0303. The van der Waals surface area contributed by atoms with Gasteiger partial charge in [0, 0.05) is 24.1 Å². The maximum absolute atomic E-state index is 11.2. The molecule has 0 fully saturated rings. The number of benzene rings is 1. The van der Waals surface area contributed by atoms with Crippen molar-refractivity contribution in [3.63, 3.8) is 0 Å². The van der Waals surface area contributed by atoms with Gasteiger partial charge in [-0.1, -0.05) is 6.07 Å². The molecule has 3 nitrogen and oxygen atoms in total. The molecular formula is C10H9NO2. The van der Waals surface area contributed by atoms with Crippen molar-refractivity contribution in [1.29, 1.82) is 0 Å². The highest BCUT2D eigenvalue weighted by atomic mass is 16.5. The van der Waals surface area contributed by atoms with Crippen LogP contribution in [0.15, 0.2) is 24.4 Å². The van der Waals surface area contributed by atoms with Gasteiger partial charge in [-0.3, -0.25) is 0 Å². The molecule has 2 rings (SSSR count). The van der Waals surface area contributed by atoms with Gasteiger partial charge in [0.15, 0.2) is 0 Å². The second kappa shape index (κ2) is 3.12. The number of quaternary nitrogens is 1. The Morgan fingerprint density at radius 3 is 3.08 bits per heavy atom. The van der Waals surface area contributed by atoms with Crippen LogP contribution in [0.2, 0.25) is 0 Å². The number of carbonyl (C=O) groups is 1. The van der Waals surface area contributed by atoms with Gasteiger partial charge in [0.25, 0.3) is 0 Å². The second-order valence-electron chi connectivity index (χ2n) is 2.99. The molecule has 1 atom stereocenters. The van der Waals surface area contributed by atoms with Gasteiger partial charge in [0.1, 0.15) is 18.2 Å². The van der Waals surface area contributed by atoms with Crippen molar-refractivity contribution < 1.29 is 9.86 Å². The molecule has 13 heavy (non-hydrogen) atoms. The number of rotatable bonds is 2. The first-order chi connectivity index (χ1) is 6.31. The highest BCUT2D eigenvalue weighted by Crippen LogP contribution is 2.18. The summed E-state index contributed by atoms with van der Waals surface area (Å²) in [5.74, 6) is 0. The molecule has 66 valence electrons. The maximum atomic E-state index is 11.2. The fraction of sp³-hybridized carbons (Fsp3) is 0.100. The quantitative estimate of drug-likeness (QED) is 0.523. The number of hydrogen-bond donors (Lipinski definition) is 1. The average Bonchev–Trinajstić information content (AvgIpc) is 2.49. The first-order valence-electron chi connectivity index (χ1n) is 4.10. The van der Waals surface area contributed by atoms with Crippen LogP contribution < -0.4 is 5.06 Å². The zero-order valence-electron chi connectivity index (χ0n) is 6.99. The van der Waals surface area contributed by atoms with E-state index in [1.807, 2.05) is 12.1 Å². The third kappa shape index (κ3) is 1.39. The van der Waals surface area contributed by atoms with Crippen LogP contribution in [0.1, 0.15) is 11.1 Å². The van der Waals surface area contributed by atoms with E-state index in [4.69, 9.17) is 0 Å². The van der Waals surface area contributed by atoms with Crippen molar-refractivity contribution in [3.8, 4) is 0 Å². The largest absolute Gasteiger partial charge is 0.624 e. The van der Waals surface area contributed by atoms with Gasteiger partial charge in [0.2, 0.25) is 0 Å². The zero-order chi connectivity index (χ0) is 9.26. The molecule has 0 saturated carbocycles. The van der Waals surface area contributed by atoms with E-state index in [0.717, 1.165) is 17.4 Å². The van der Waals surface area contributed by atoms with E-state index >= 15 is 0 Å². The third-order valence-electron chi connectivity index (χ3n) is 2.12. The van der Waals surface area contributed by atoms with Crippen LogP contribution >= 0.6 is 0 Å². The van der Waals surface area contributed by atoms with E-state index in [2.05, 4.69) is 0 Å². The van der Waals surface area contributed by atoms with Crippen LogP contribution in [0.25, 0.3) is 6.08 Å². The molecule has 1 N–H and O–H groups in total. The van der Waals surface area contributed by atoms with Crippen LogP contribution in [0, 0.1) is 5.21 Å². The normalized spacial score (nSPS) is 18.7. The van der Waals surface area contributed by atoms with Crippen LogP contribution in [0.3, 0.4) is 0 Å². The predicted octanol–water partition coefficient (Wildman–Crippen LogP) is 0.427. The number of aldehydes is 1. The Balaban J connectivity index is 2.39. The topological polar surface area (TPSA) is 44.6 Å². The number of fused-ring (bicyclic) bond motifs is 1. The zero-order valence-corrected chi connectivity index (χ0v) is 6.99. The molecule has 1 aliphatic rings. The summed E-state index contributed by atoms with van der Waals surface area (Å²) in [6.45, 7) is 0. The molecule has 0 amide bonds. The molecule has 0 aromatic heterocycles. The lowest BCUT2D eigenvalue weighted by Crippen LogP contribution is -2.95. The third-order valence-corrected chi connectivity index (χ3v) is 2.12. The number of carbonyl (C=O) groups excluding carboxylic acids is 1. The Hall–Kier alpha value is -1.45. The van der Waals surface area contributed by atoms with Crippen LogP contribution in [-0.4, -0.2) is 6.29 Å². The van der Waals surface area contributed by atoms with E-state index < -0.39 is 0 Å². The summed E-state index contributed by atoms with van der Waals surface area (Å²) in [6.07, 6.45) is 4.56. The molecule has 3 heteroatoms. The van der Waals surface area contributed by atoms with Gasteiger partial charge in [0.05, 0.1) is 0 Å². The maximum Gasteiger partial charge on any atom is 0.143 e. The lowest BCUT2D eigenvalue weighted by molar-refractivity contribution is -0.710. The molecule has 0 spiro atoms. The number of nitrogens with one attached hydrogen (secondary N) is 1. The average molecular weight is 175 g/mol. The highest BCUT2D eigenvalue weighted by Gasteiger charge is 2.12. The summed E-state index contributed by atoms with van der Waals surface area (Å²) in [5.41, 5.74) is 2.55. The molecule has 1 unspecified atom stereocenters. The van der Waals surface area contributed by atoms with E-state index in [-0.39, 0.29) is 5.06 Å². The molecular weight excluding hydrogens is 166 g/mol. The van der Waals surface area contributed by atoms with Crippen LogP contribution in [0.5, 0.6) is 0 Å². The Bertz CT molecular complexity index is 371. The van der Waals surface area contributed by atoms with Crippen LogP contribution in [0.4, 0.5) is 5.69 Å². The smallest absolute Gasteiger partial charge is 0.143 e. The number of hydroxylamine groups is 1. The van der Waals surface area contributed by atoms with Gasteiger partial charge < -0.3 is 15.1 Å². The molecule has 1 aromatic rings. The Morgan fingerprint density at radius 1 is 1.46 bits per heavy atom. The summed E-state index contributed by atoms with van der Waals surface area (Å²) >= 11 is 0. The van der Waals surface area contributed by atoms with Crippen LogP contribution in [-0.2, 0) is 11.2 Å². The fourth-order valence-corrected chi connectivity index (χ4v) is 1.44. The Morgan fingerprint density at radius 2 is 2.31 bits per heavy atom. The molecule has 0 bridgehead atoms. The van der Waals surface area contributed by atoms with Crippen molar-refractivity contribution in [2.75, 3.05) is 0 Å². The summed E-state index contributed by atoms with van der Waals surface area (Å²) in [6, 6.07) is 5.53.